The Hall–Kier alpha value is -7.11. The van der Waals surface area contributed by atoms with Crippen LogP contribution in [0.3, 0.4) is 0 Å². The summed E-state index contributed by atoms with van der Waals surface area (Å²) in [7, 11) is 0. The zero-order valence-electron chi connectivity index (χ0n) is 61.7. The van der Waals surface area contributed by atoms with Gasteiger partial charge in [0.1, 0.15) is 11.0 Å². The predicted molar refractivity (Wildman–Crippen MR) is 432 cm³/mol. The normalized spacial score (nSPS) is 15.6. The van der Waals surface area contributed by atoms with Crippen molar-refractivity contribution >= 4 is 164 Å². The van der Waals surface area contributed by atoms with Gasteiger partial charge in [-0.25, -0.2) is 27.7 Å². The molecular formula is C86H97F4N7O2S5. The van der Waals surface area contributed by atoms with Crippen LogP contribution in [0.4, 0.5) is 17.6 Å². The fourth-order valence-corrected chi connectivity index (χ4v) is 23.0. The van der Waals surface area contributed by atoms with E-state index < -0.39 is 34.8 Å². The van der Waals surface area contributed by atoms with E-state index in [1.807, 2.05) is 29.6 Å². The molecule has 0 radical (unpaired) electrons. The Morgan fingerprint density at radius 1 is 0.471 bits per heavy atom. The van der Waals surface area contributed by atoms with Crippen LogP contribution < -0.4 is 0 Å². The zero-order valence-corrected chi connectivity index (χ0v) is 65.7. The molecule has 10 aromatic rings. The molecule has 0 fully saturated rings. The average Bonchev–Trinajstić information content (AvgIpc) is 1.50. The number of unbranched alkanes of at least 4 members (excludes halogenated alkanes) is 20. The van der Waals surface area contributed by atoms with Crippen LogP contribution in [0.1, 0.15) is 294 Å². The summed E-state index contributed by atoms with van der Waals surface area (Å²) in [6, 6.07) is 8.17. The Morgan fingerprint density at radius 2 is 0.837 bits per heavy atom. The first-order valence-corrected chi connectivity index (χ1v) is 42.9. The van der Waals surface area contributed by atoms with Gasteiger partial charge in [-0.15, -0.1) is 45.3 Å². The van der Waals surface area contributed by atoms with Crippen molar-refractivity contribution in [2.75, 3.05) is 0 Å². The lowest BCUT2D eigenvalue weighted by molar-refractivity contribution is 0.103. The molecule has 0 N–H and O–H groups in total. The van der Waals surface area contributed by atoms with E-state index in [0.29, 0.717) is 23.8 Å². The quantitative estimate of drug-likeness (QED) is 0.0125. The molecule has 7 heterocycles. The van der Waals surface area contributed by atoms with Gasteiger partial charge >= 0.3 is 0 Å². The summed E-state index contributed by atoms with van der Waals surface area (Å²) in [5, 5.41) is 23.2. The lowest BCUT2D eigenvalue weighted by Crippen LogP contribution is -2.14. The van der Waals surface area contributed by atoms with E-state index in [1.54, 1.807) is 40.9 Å². The highest BCUT2D eigenvalue weighted by atomic mass is 32.1. The molecule has 2 atom stereocenters. The monoisotopic (exact) mass is 1500 g/mol. The van der Waals surface area contributed by atoms with E-state index in [2.05, 4.69) is 61.6 Å². The molecule has 0 aliphatic heterocycles. The van der Waals surface area contributed by atoms with Crippen molar-refractivity contribution in [1.29, 1.82) is 10.5 Å². The summed E-state index contributed by atoms with van der Waals surface area (Å²) >= 11 is 8.17. The van der Waals surface area contributed by atoms with Crippen molar-refractivity contribution in [2.24, 2.45) is 11.8 Å². The highest BCUT2D eigenvalue weighted by Gasteiger charge is 2.38. The summed E-state index contributed by atoms with van der Waals surface area (Å²) in [5.41, 5.74) is 9.41. The number of ketones is 2. The van der Waals surface area contributed by atoms with Crippen LogP contribution in [-0.2, 0) is 25.9 Å². The average molecular weight is 1500 g/mol. The van der Waals surface area contributed by atoms with Gasteiger partial charge in [-0.3, -0.25) is 9.59 Å². The Kier molecular flexibility index (Phi) is 25.8. The van der Waals surface area contributed by atoms with Gasteiger partial charge in [-0.2, -0.15) is 14.0 Å². The molecular weight excluding hydrogens is 1400 g/mol. The maximum atomic E-state index is 15.3. The van der Waals surface area contributed by atoms with E-state index in [0.717, 1.165) is 278 Å². The van der Waals surface area contributed by atoms with Crippen molar-refractivity contribution < 1.29 is 27.2 Å². The van der Waals surface area contributed by atoms with Crippen LogP contribution in [0, 0.1) is 64.3 Å². The van der Waals surface area contributed by atoms with Crippen LogP contribution in [0.15, 0.2) is 46.7 Å². The molecule has 2 aliphatic carbocycles. The number of benzene rings is 3. The fourth-order valence-electron chi connectivity index (χ4n) is 16.5. The van der Waals surface area contributed by atoms with Crippen molar-refractivity contribution in [3.05, 3.63) is 125 Å². The number of hydrogen-bond acceptors (Lipinski definition) is 11. The number of thiophene rings is 4. The highest BCUT2D eigenvalue weighted by molar-refractivity contribution is 7.34. The summed E-state index contributed by atoms with van der Waals surface area (Å²) in [4.78, 5) is 35.0. The molecule has 2 unspecified atom stereocenters. The van der Waals surface area contributed by atoms with E-state index in [9.17, 15) is 20.1 Å². The van der Waals surface area contributed by atoms with Crippen LogP contribution >= 0.6 is 57.1 Å². The van der Waals surface area contributed by atoms with Gasteiger partial charge in [0.05, 0.1) is 80.7 Å². The minimum absolute atomic E-state index is 0.0282. The molecule has 3 aromatic carbocycles. The number of fused-ring (bicyclic) bond motifs is 16. The smallest absolute Gasteiger partial charge is 0.270 e. The standard InChI is InChI=1S/C86H97F4N7O2S5/c1-9-15-21-25-27-29-33-39-54-67(45-60-69(51(7)47-91)56-41-62(87)64(89)43-58(56)79(60)98)100-85-77-83(102-81(54)85)71-73-74(95-104-94-73)72-76(75(71)96(77)49-52(35-19-13-5)37-31-23-17-11-3)97(50-53(36-20-14-6)38-32-24-18-12-4)78-84(72)103-82-55(40-34-30-28-26-22-16-10-2)68(101-86(78)82)46-61-70(66(48-92)93-8)57-42-63(88)65(90)44-59(57)80(61)99/h41-46,52-53H,9-40,49-50H2,1-7H3/b60-45-,61-46-,69-51-,70-66?. The lowest BCUT2D eigenvalue weighted by atomic mass is 9.94. The van der Waals surface area contributed by atoms with E-state index in [1.165, 1.54) is 63.1 Å². The number of halogens is 4. The number of carbonyl (C=O) groups is 2. The summed E-state index contributed by atoms with van der Waals surface area (Å²) < 4.78 is 84.0. The molecule has 0 saturated heterocycles. The van der Waals surface area contributed by atoms with Crippen LogP contribution in [0.2, 0.25) is 0 Å². The van der Waals surface area contributed by atoms with Gasteiger partial charge in [0.2, 0.25) is 0 Å². The SMILES string of the molecule is [C-]#[N+]C(C#N)=C1/C(=C/c2sc3c(sc4c5c6nsnc6c6c7sc8c(CCCCCCCCC)c(/C=C9\C(=O)c%10cc(F)c(F)cc%10\C9=C(/C)C#N)sc8c7n(CC(CCCC)CCCCCC)c6c5n(CC(CCCC)CCCCCC)c34)c2CCCCCCCCC)C(=O)c2cc(F)c(F)cc21. The molecule has 18 heteroatoms. The van der Waals surface area contributed by atoms with Crippen LogP contribution in [-0.4, -0.2) is 29.4 Å². The molecule has 0 spiro atoms. The number of aromatic nitrogens is 4. The second-order valence-electron chi connectivity index (χ2n) is 29.3. The number of nitriles is 2. The molecule has 546 valence electrons. The lowest BCUT2D eigenvalue weighted by Gasteiger charge is -2.22. The second-order valence-corrected chi connectivity index (χ2v) is 34.0. The third-order valence-corrected chi connectivity index (χ3v) is 27.6. The van der Waals surface area contributed by atoms with Crippen molar-refractivity contribution in [2.45, 2.75) is 267 Å². The van der Waals surface area contributed by atoms with Gasteiger partial charge in [0, 0.05) is 72.6 Å². The highest BCUT2D eigenvalue weighted by Crippen LogP contribution is 2.57. The second kappa shape index (κ2) is 35.1. The number of aryl methyl sites for hydroxylation is 2. The number of rotatable bonds is 38. The third-order valence-electron chi connectivity index (χ3n) is 22.0. The van der Waals surface area contributed by atoms with Crippen molar-refractivity contribution in [3.8, 4) is 12.1 Å². The Labute approximate surface area is 630 Å². The fraction of sp³-hybridized carbons (Fsp3) is 0.500. The van der Waals surface area contributed by atoms with Crippen molar-refractivity contribution in [3.63, 3.8) is 0 Å². The first-order valence-electron chi connectivity index (χ1n) is 38.9. The van der Waals surface area contributed by atoms with Crippen molar-refractivity contribution in [1.82, 2.24) is 17.9 Å². The Morgan fingerprint density at radius 3 is 1.23 bits per heavy atom. The first-order chi connectivity index (χ1) is 50.7. The van der Waals surface area contributed by atoms with Gasteiger partial charge in [0.15, 0.2) is 34.8 Å². The van der Waals surface area contributed by atoms with Gasteiger partial charge in [0.25, 0.3) is 5.70 Å². The minimum Gasteiger partial charge on any atom is -0.337 e. The maximum Gasteiger partial charge on any atom is 0.270 e. The molecule has 9 nitrogen and oxygen atoms in total. The molecule has 12 rings (SSSR count). The first kappa shape index (κ1) is 76.5. The topological polar surface area (TPSA) is 122 Å². The van der Waals surface area contributed by atoms with E-state index >= 15 is 17.6 Å². The molecule has 7 aromatic heterocycles. The number of Topliss-reactive ketones (excluding diaryl/α,β-unsaturated/α-hetero) is 2. The van der Waals surface area contributed by atoms with E-state index in [4.69, 9.17) is 15.3 Å². The van der Waals surface area contributed by atoms with E-state index in [-0.39, 0.29) is 50.2 Å². The molecule has 104 heavy (non-hydrogen) atoms. The van der Waals surface area contributed by atoms with Gasteiger partial charge in [-0.05, 0) is 129 Å². The number of nitrogens with zero attached hydrogens (tertiary/aromatic N) is 7. The molecule has 0 amide bonds. The number of hydrogen-bond donors (Lipinski definition) is 0. The molecule has 2 aliphatic rings. The number of carbonyl (C=O) groups excluding carboxylic acids is 2. The predicted octanol–water partition coefficient (Wildman–Crippen LogP) is 28.2. The number of allylic oxidation sites excluding steroid dienone is 6. The summed E-state index contributed by atoms with van der Waals surface area (Å²) in [6.07, 6.45) is 38.5. The Balaban J connectivity index is 1.18. The summed E-state index contributed by atoms with van der Waals surface area (Å²) in [6.45, 7) is 24.9. The largest absolute Gasteiger partial charge is 0.337 e. The van der Waals surface area contributed by atoms with Crippen LogP contribution in [0.25, 0.3) is 100 Å². The third kappa shape index (κ3) is 15.2. The van der Waals surface area contributed by atoms with Crippen LogP contribution in [0.5, 0.6) is 0 Å². The summed E-state index contributed by atoms with van der Waals surface area (Å²) in [5.74, 6) is -4.83. The Bertz CT molecular complexity index is 5130. The molecule has 0 saturated carbocycles. The molecule has 0 bridgehead atoms. The minimum atomic E-state index is -1.17. The maximum absolute atomic E-state index is 15.3. The van der Waals surface area contributed by atoms with Gasteiger partial charge in [-0.1, -0.05) is 196 Å². The zero-order chi connectivity index (χ0) is 73.3. The van der Waals surface area contributed by atoms with Gasteiger partial charge < -0.3 is 9.13 Å².